The normalized spacial score (nSPS) is 20.6. The van der Waals surface area contributed by atoms with Crippen molar-refractivity contribution in [3.8, 4) is 0 Å². The first-order valence-corrected chi connectivity index (χ1v) is 6.10. The van der Waals surface area contributed by atoms with Crippen LogP contribution in [-0.2, 0) is 4.79 Å². The van der Waals surface area contributed by atoms with Gasteiger partial charge in [-0.05, 0) is 37.7 Å². The number of amides is 1. The van der Waals surface area contributed by atoms with Crippen LogP contribution < -0.4 is 4.90 Å². The minimum Gasteiger partial charge on any atom is -0.312 e. The molecule has 0 bridgehead atoms. The second-order valence-electron chi connectivity index (χ2n) is 4.37. The van der Waals surface area contributed by atoms with Crippen LogP contribution in [0.25, 0.3) is 0 Å². The Morgan fingerprint density at radius 3 is 2.56 bits per heavy atom. The van der Waals surface area contributed by atoms with E-state index in [9.17, 15) is 4.79 Å². The van der Waals surface area contributed by atoms with Crippen LogP contribution in [0.1, 0.15) is 17.8 Å². The summed E-state index contributed by atoms with van der Waals surface area (Å²) in [7, 11) is 0. The van der Waals surface area contributed by atoms with Gasteiger partial charge in [0.2, 0.25) is 5.91 Å². The lowest BCUT2D eigenvalue weighted by Gasteiger charge is -2.17. The Labute approximate surface area is 101 Å². The van der Waals surface area contributed by atoms with Crippen molar-refractivity contribution in [2.45, 2.75) is 20.3 Å². The average molecular weight is 236 g/mol. The Hall–Kier alpha value is -1.03. The van der Waals surface area contributed by atoms with Crippen LogP contribution in [0.2, 0.25) is 0 Å². The fraction of sp³-hybridized carbons (Fsp3) is 0.500. The molecule has 0 aromatic carbocycles. The van der Waals surface area contributed by atoms with Gasteiger partial charge in [0.1, 0.15) is 0 Å². The van der Waals surface area contributed by atoms with E-state index >= 15 is 0 Å². The van der Waals surface area contributed by atoms with Crippen molar-refractivity contribution >= 4 is 24.2 Å². The summed E-state index contributed by atoms with van der Waals surface area (Å²) in [5.41, 5.74) is 2.88. The highest BCUT2D eigenvalue weighted by atomic mass is 32.1. The highest BCUT2D eigenvalue weighted by Gasteiger charge is 2.29. The zero-order chi connectivity index (χ0) is 11.7. The van der Waals surface area contributed by atoms with E-state index < -0.39 is 0 Å². The van der Waals surface area contributed by atoms with Gasteiger partial charge in [-0.2, -0.15) is 12.6 Å². The van der Waals surface area contributed by atoms with E-state index in [-0.39, 0.29) is 5.91 Å². The second-order valence-corrected chi connectivity index (χ2v) is 4.73. The SMILES string of the molecule is Cc1cc(N2CC(CS)CC2=O)cc(C)n1. The van der Waals surface area contributed by atoms with Gasteiger partial charge in [0.15, 0.2) is 0 Å². The molecule has 1 fully saturated rings. The van der Waals surface area contributed by atoms with E-state index in [0.29, 0.717) is 12.3 Å². The first kappa shape index (κ1) is 11.5. The largest absolute Gasteiger partial charge is 0.312 e. The fourth-order valence-electron chi connectivity index (χ4n) is 2.12. The molecular formula is C12H16N2OS. The molecule has 1 unspecified atom stereocenters. The summed E-state index contributed by atoms with van der Waals surface area (Å²) in [4.78, 5) is 18.0. The van der Waals surface area contributed by atoms with Gasteiger partial charge in [0, 0.05) is 30.0 Å². The lowest BCUT2D eigenvalue weighted by Crippen LogP contribution is -2.25. The van der Waals surface area contributed by atoms with Crippen LogP contribution in [0.3, 0.4) is 0 Å². The summed E-state index contributed by atoms with van der Waals surface area (Å²) in [6, 6.07) is 3.93. The van der Waals surface area contributed by atoms with Crippen molar-refractivity contribution in [1.29, 1.82) is 0 Å². The van der Waals surface area contributed by atoms with Crippen molar-refractivity contribution in [1.82, 2.24) is 4.98 Å². The van der Waals surface area contributed by atoms with E-state index in [2.05, 4.69) is 17.6 Å². The number of thiol groups is 1. The quantitative estimate of drug-likeness (QED) is 0.797. The number of rotatable bonds is 2. The minimum atomic E-state index is 0.198. The molecular weight excluding hydrogens is 220 g/mol. The minimum absolute atomic E-state index is 0.198. The summed E-state index contributed by atoms with van der Waals surface area (Å²) >= 11 is 4.26. The molecule has 1 amide bonds. The molecule has 1 aliphatic rings. The number of nitrogens with zero attached hydrogens (tertiary/aromatic N) is 2. The van der Waals surface area contributed by atoms with Gasteiger partial charge in [-0.15, -0.1) is 0 Å². The molecule has 0 N–H and O–H groups in total. The third-order valence-electron chi connectivity index (χ3n) is 2.84. The number of hydrogen-bond donors (Lipinski definition) is 1. The molecule has 0 aliphatic carbocycles. The Morgan fingerprint density at radius 2 is 2.06 bits per heavy atom. The van der Waals surface area contributed by atoms with Crippen molar-refractivity contribution in [3.05, 3.63) is 23.5 Å². The van der Waals surface area contributed by atoms with Crippen LogP contribution in [0.15, 0.2) is 12.1 Å². The smallest absolute Gasteiger partial charge is 0.227 e. The van der Waals surface area contributed by atoms with E-state index in [1.165, 1.54) is 0 Å². The lowest BCUT2D eigenvalue weighted by atomic mass is 10.1. The maximum atomic E-state index is 11.8. The molecule has 16 heavy (non-hydrogen) atoms. The molecule has 1 aromatic heterocycles. The topological polar surface area (TPSA) is 33.2 Å². The van der Waals surface area contributed by atoms with Gasteiger partial charge in [-0.3, -0.25) is 9.78 Å². The van der Waals surface area contributed by atoms with Crippen LogP contribution >= 0.6 is 12.6 Å². The number of aromatic nitrogens is 1. The lowest BCUT2D eigenvalue weighted by molar-refractivity contribution is -0.117. The van der Waals surface area contributed by atoms with Crippen LogP contribution in [0.5, 0.6) is 0 Å². The third-order valence-corrected chi connectivity index (χ3v) is 3.36. The summed E-state index contributed by atoms with van der Waals surface area (Å²) < 4.78 is 0. The van der Waals surface area contributed by atoms with Gasteiger partial charge in [0.05, 0.1) is 0 Å². The number of aryl methyl sites for hydroxylation is 2. The highest BCUT2D eigenvalue weighted by molar-refractivity contribution is 7.80. The van der Waals surface area contributed by atoms with Gasteiger partial charge >= 0.3 is 0 Å². The summed E-state index contributed by atoms with van der Waals surface area (Å²) in [6.45, 7) is 4.69. The molecule has 0 saturated carbocycles. The van der Waals surface area contributed by atoms with Crippen molar-refractivity contribution in [2.24, 2.45) is 5.92 Å². The second kappa shape index (κ2) is 4.45. The molecule has 1 aromatic rings. The first-order chi connectivity index (χ1) is 7.60. The number of pyridine rings is 1. The van der Waals surface area contributed by atoms with Crippen LogP contribution in [0, 0.1) is 19.8 Å². The monoisotopic (exact) mass is 236 g/mol. The molecule has 3 nitrogen and oxygen atoms in total. The Balaban J connectivity index is 2.27. The highest BCUT2D eigenvalue weighted by Crippen LogP contribution is 2.26. The average Bonchev–Trinajstić information content (AvgIpc) is 2.58. The summed E-state index contributed by atoms with van der Waals surface area (Å²) in [5.74, 6) is 1.35. The maximum Gasteiger partial charge on any atom is 0.227 e. The molecule has 2 heterocycles. The van der Waals surface area contributed by atoms with E-state index in [4.69, 9.17) is 0 Å². The van der Waals surface area contributed by atoms with Gasteiger partial charge < -0.3 is 4.90 Å². The number of hydrogen-bond acceptors (Lipinski definition) is 3. The molecule has 1 atom stereocenters. The number of carbonyl (C=O) groups excluding carboxylic acids is 1. The van der Waals surface area contributed by atoms with Gasteiger partial charge in [0.25, 0.3) is 0 Å². The van der Waals surface area contributed by atoms with Crippen molar-refractivity contribution in [3.63, 3.8) is 0 Å². The van der Waals surface area contributed by atoms with Gasteiger partial charge in [-0.25, -0.2) is 0 Å². The zero-order valence-electron chi connectivity index (χ0n) is 9.60. The molecule has 2 rings (SSSR count). The van der Waals surface area contributed by atoms with Gasteiger partial charge in [-0.1, -0.05) is 0 Å². The van der Waals surface area contributed by atoms with Crippen molar-refractivity contribution in [2.75, 3.05) is 17.2 Å². The first-order valence-electron chi connectivity index (χ1n) is 5.46. The van der Waals surface area contributed by atoms with E-state index in [1.54, 1.807) is 0 Å². The molecule has 1 aliphatic heterocycles. The van der Waals surface area contributed by atoms with E-state index in [0.717, 1.165) is 29.4 Å². The summed E-state index contributed by atoms with van der Waals surface area (Å²) in [5, 5.41) is 0. The fourth-order valence-corrected chi connectivity index (χ4v) is 2.37. The predicted octanol–water partition coefficient (Wildman–Crippen LogP) is 1.98. The van der Waals surface area contributed by atoms with Crippen LogP contribution in [-0.4, -0.2) is 23.2 Å². The Kier molecular flexibility index (Phi) is 3.19. The number of carbonyl (C=O) groups is 1. The molecule has 4 heteroatoms. The predicted molar refractivity (Wildman–Crippen MR) is 68.0 cm³/mol. The standard InChI is InChI=1S/C12H16N2OS/c1-8-3-11(4-9(2)13-8)14-6-10(7-16)5-12(14)15/h3-4,10,16H,5-7H2,1-2H3. The van der Waals surface area contributed by atoms with Crippen molar-refractivity contribution < 1.29 is 4.79 Å². The Bertz CT molecular complexity index is 399. The molecule has 0 radical (unpaired) electrons. The third kappa shape index (κ3) is 2.21. The summed E-state index contributed by atoms with van der Waals surface area (Å²) in [6.07, 6.45) is 0.615. The number of anilines is 1. The zero-order valence-corrected chi connectivity index (χ0v) is 10.5. The Morgan fingerprint density at radius 1 is 1.44 bits per heavy atom. The molecule has 1 saturated heterocycles. The molecule has 86 valence electrons. The van der Waals surface area contributed by atoms with Crippen LogP contribution in [0.4, 0.5) is 5.69 Å². The maximum absolute atomic E-state index is 11.8. The molecule has 0 spiro atoms. The van der Waals surface area contributed by atoms with E-state index in [1.807, 2.05) is 30.9 Å².